The summed E-state index contributed by atoms with van der Waals surface area (Å²) in [6.07, 6.45) is 3.36. The molecule has 96 valence electrons. The molecule has 1 unspecified atom stereocenters. The highest BCUT2D eigenvalue weighted by Crippen LogP contribution is 2.24. The fourth-order valence-electron chi connectivity index (χ4n) is 2.17. The van der Waals surface area contributed by atoms with Gasteiger partial charge in [0.2, 0.25) is 5.91 Å². The Morgan fingerprint density at radius 3 is 2.88 bits per heavy atom. The van der Waals surface area contributed by atoms with Crippen molar-refractivity contribution < 1.29 is 19.4 Å². The van der Waals surface area contributed by atoms with E-state index >= 15 is 0 Å². The van der Waals surface area contributed by atoms with Crippen molar-refractivity contribution in [2.75, 3.05) is 18.2 Å². The molecular formula is C11H17NO4S. The molecule has 2 fully saturated rings. The second-order valence-corrected chi connectivity index (χ2v) is 5.41. The molecule has 0 bridgehead atoms. The largest absolute Gasteiger partial charge is 0.480 e. The molecule has 0 saturated carbocycles. The predicted molar refractivity (Wildman–Crippen MR) is 63.8 cm³/mol. The molecule has 0 aromatic heterocycles. The number of carboxylic acids is 1. The van der Waals surface area contributed by atoms with Gasteiger partial charge in [0.25, 0.3) is 0 Å². The van der Waals surface area contributed by atoms with Crippen LogP contribution in [0.2, 0.25) is 0 Å². The van der Waals surface area contributed by atoms with Gasteiger partial charge in [-0.25, -0.2) is 4.79 Å². The minimum atomic E-state index is -0.909. The zero-order valence-corrected chi connectivity index (χ0v) is 10.4. The van der Waals surface area contributed by atoms with Gasteiger partial charge in [0, 0.05) is 12.4 Å². The maximum Gasteiger partial charge on any atom is 0.327 e. The van der Waals surface area contributed by atoms with Crippen LogP contribution in [-0.2, 0) is 14.3 Å². The van der Waals surface area contributed by atoms with Crippen molar-refractivity contribution in [3.63, 3.8) is 0 Å². The van der Waals surface area contributed by atoms with E-state index in [4.69, 9.17) is 9.84 Å². The van der Waals surface area contributed by atoms with E-state index < -0.39 is 12.0 Å². The topological polar surface area (TPSA) is 66.8 Å². The highest BCUT2D eigenvalue weighted by Gasteiger charge is 2.35. The van der Waals surface area contributed by atoms with Gasteiger partial charge < -0.3 is 14.7 Å². The fourth-order valence-corrected chi connectivity index (χ4v) is 3.35. The van der Waals surface area contributed by atoms with Crippen LogP contribution in [0.5, 0.6) is 0 Å². The molecule has 2 atom stereocenters. The standard InChI is InChI=1S/C11H17NO4S/c13-10(5-8-3-1-2-4-16-8)12-7-17-6-9(12)11(14)15/h8-9H,1-7H2,(H,14,15)/t8?,9-/m0/s1. The minimum Gasteiger partial charge on any atom is -0.480 e. The van der Waals surface area contributed by atoms with Crippen LogP contribution >= 0.6 is 11.8 Å². The normalized spacial score (nSPS) is 29.3. The molecule has 0 spiro atoms. The molecule has 17 heavy (non-hydrogen) atoms. The first-order chi connectivity index (χ1) is 8.18. The van der Waals surface area contributed by atoms with Crippen molar-refractivity contribution in [3.05, 3.63) is 0 Å². The third kappa shape index (κ3) is 3.13. The van der Waals surface area contributed by atoms with Gasteiger partial charge in [-0.3, -0.25) is 4.79 Å². The van der Waals surface area contributed by atoms with Crippen LogP contribution in [0, 0.1) is 0 Å². The third-order valence-electron chi connectivity index (χ3n) is 3.16. The number of hydrogen-bond acceptors (Lipinski definition) is 4. The summed E-state index contributed by atoms with van der Waals surface area (Å²) in [6, 6.07) is -0.656. The summed E-state index contributed by atoms with van der Waals surface area (Å²) in [5.41, 5.74) is 0. The van der Waals surface area contributed by atoms with Crippen LogP contribution < -0.4 is 0 Å². The Labute approximate surface area is 104 Å². The molecule has 2 aliphatic rings. The molecule has 5 nitrogen and oxygen atoms in total. The maximum absolute atomic E-state index is 12.0. The van der Waals surface area contributed by atoms with Crippen LogP contribution in [0.3, 0.4) is 0 Å². The highest BCUT2D eigenvalue weighted by atomic mass is 32.2. The number of hydrogen-bond donors (Lipinski definition) is 1. The van der Waals surface area contributed by atoms with Gasteiger partial charge >= 0.3 is 5.97 Å². The van der Waals surface area contributed by atoms with E-state index in [1.165, 1.54) is 16.7 Å². The summed E-state index contributed by atoms with van der Waals surface area (Å²) < 4.78 is 5.50. The van der Waals surface area contributed by atoms with Crippen molar-refractivity contribution in [1.82, 2.24) is 4.90 Å². The number of rotatable bonds is 3. The number of carbonyl (C=O) groups is 2. The number of carbonyl (C=O) groups excluding carboxylic acids is 1. The number of aliphatic carboxylic acids is 1. The van der Waals surface area contributed by atoms with E-state index in [9.17, 15) is 9.59 Å². The average molecular weight is 259 g/mol. The van der Waals surface area contributed by atoms with Gasteiger partial charge in [0.15, 0.2) is 0 Å². The van der Waals surface area contributed by atoms with Crippen LogP contribution in [0.4, 0.5) is 0 Å². The SMILES string of the molecule is O=C(O)[C@@H]1CSCN1C(=O)CC1CCCCO1. The Morgan fingerprint density at radius 1 is 1.41 bits per heavy atom. The number of thioether (sulfide) groups is 1. The van der Waals surface area contributed by atoms with E-state index in [1.54, 1.807) is 0 Å². The summed E-state index contributed by atoms with van der Waals surface area (Å²) >= 11 is 1.49. The lowest BCUT2D eigenvalue weighted by atomic mass is 10.1. The zero-order valence-electron chi connectivity index (χ0n) is 9.63. The molecule has 2 rings (SSSR count). The molecule has 0 aromatic carbocycles. The summed E-state index contributed by atoms with van der Waals surface area (Å²) in [6.45, 7) is 0.717. The van der Waals surface area contributed by atoms with E-state index in [2.05, 4.69) is 0 Å². The van der Waals surface area contributed by atoms with E-state index in [0.29, 0.717) is 18.1 Å². The molecule has 2 heterocycles. The second-order valence-electron chi connectivity index (χ2n) is 4.41. The Balaban J connectivity index is 1.88. The lowest BCUT2D eigenvalue weighted by Crippen LogP contribution is -2.43. The van der Waals surface area contributed by atoms with Crippen LogP contribution in [0.25, 0.3) is 0 Å². The second kappa shape index (κ2) is 5.73. The van der Waals surface area contributed by atoms with Crippen molar-refractivity contribution in [2.24, 2.45) is 0 Å². The summed E-state index contributed by atoms with van der Waals surface area (Å²) in [7, 11) is 0. The molecule has 0 radical (unpaired) electrons. The summed E-state index contributed by atoms with van der Waals surface area (Å²) in [5, 5.41) is 9.00. The quantitative estimate of drug-likeness (QED) is 0.816. The molecule has 2 aliphatic heterocycles. The van der Waals surface area contributed by atoms with Crippen LogP contribution in [-0.4, -0.2) is 52.3 Å². The molecule has 0 aliphatic carbocycles. The van der Waals surface area contributed by atoms with E-state index in [-0.39, 0.29) is 12.0 Å². The average Bonchev–Trinajstić information content (AvgIpc) is 2.79. The van der Waals surface area contributed by atoms with Crippen LogP contribution in [0.1, 0.15) is 25.7 Å². The van der Waals surface area contributed by atoms with Crippen molar-refractivity contribution >= 4 is 23.6 Å². The number of ether oxygens (including phenoxy) is 1. The predicted octanol–water partition coefficient (Wildman–Crippen LogP) is 0.932. The highest BCUT2D eigenvalue weighted by molar-refractivity contribution is 7.99. The van der Waals surface area contributed by atoms with E-state index in [1.807, 2.05) is 0 Å². The van der Waals surface area contributed by atoms with Crippen molar-refractivity contribution in [2.45, 2.75) is 37.8 Å². The lowest BCUT2D eigenvalue weighted by molar-refractivity contribution is -0.149. The number of amides is 1. The first-order valence-corrected chi connectivity index (χ1v) is 7.05. The number of nitrogens with zero attached hydrogens (tertiary/aromatic N) is 1. The number of carboxylic acid groups (broad SMARTS) is 1. The molecule has 6 heteroatoms. The Bertz CT molecular complexity index is 304. The Hall–Kier alpha value is -0.750. The van der Waals surface area contributed by atoms with Crippen LogP contribution in [0.15, 0.2) is 0 Å². The molecule has 1 N–H and O–H groups in total. The third-order valence-corrected chi connectivity index (χ3v) is 4.18. The van der Waals surface area contributed by atoms with Gasteiger partial charge in [-0.2, -0.15) is 0 Å². The first kappa shape index (κ1) is 12.7. The van der Waals surface area contributed by atoms with Crippen molar-refractivity contribution in [1.29, 1.82) is 0 Å². The Morgan fingerprint density at radius 2 is 2.24 bits per heavy atom. The van der Waals surface area contributed by atoms with Gasteiger partial charge in [-0.15, -0.1) is 11.8 Å². The van der Waals surface area contributed by atoms with Gasteiger partial charge in [0.1, 0.15) is 6.04 Å². The molecule has 1 amide bonds. The summed E-state index contributed by atoms with van der Waals surface area (Å²) in [4.78, 5) is 24.4. The monoisotopic (exact) mass is 259 g/mol. The molecule has 2 saturated heterocycles. The van der Waals surface area contributed by atoms with Gasteiger partial charge in [-0.05, 0) is 19.3 Å². The maximum atomic E-state index is 12.0. The lowest BCUT2D eigenvalue weighted by Gasteiger charge is -2.26. The zero-order chi connectivity index (χ0) is 12.3. The van der Waals surface area contributed by atoms with E-state index in [0.717, 1.165) is 25.9 Å². The minimum absolute atomic E-state index is 0.0173. The molecular weight excluding hydrogens is 242 g/mol. The summed E-state index contributed by atoms with van der Waals surface area (Å²) in [5.74, 6) is -0.0167. The smallest absolute Gasteiger partial charge is 0.327 e. The molecule has 0 aromatic rings. The van der Waals surface area contributed by atoms with Gasteiger partial charge in [-0.1, -0.05) is 0 Å². The van der Waals surface area contributed by atoms with Crippen molar-refractivity contribution in [3.8, 4) is 0 Å². The van der Waals surface area contributed by atoms with Gasteiger partial charge in [0.05, 0.1) is 18.4 Å². The first-order valence-electron chi connectivity index (χ1n) is 5.90. The Kier molecular flexibility index (Phi) is 4.28. The fraction of sp³-hybridized carbons (Fsp3) is 0.818.